The number of nitrogens with zero attached hydrogens (tertiary/aromatic N) is 2. The Morgan fingerprint density at radius 2 is 1.65 bits per heavy atom. The van der Waals surface area contributed by atoms with E-state index in [1.807, 2.05) is 6.92 Å². The van der Waals surface area contributed by atoms with Gasteiger partial charge in [0.2, 0.25) is 5.95 Å². The van der Waals surface area contributed by atoms with Crippen LogP contribution in [0, 0.1) is 20.8 Å². The van der Waals surface area contributed by atoms with Crippen LogP contribution in [0.2, 0.25) is 0 Å². The zero-order valence-electron chi connectivity index (χ0n) is 11.5. The Morgan fingerprint density at radius 1 is 1.05 bits per heavy atom. The zero-order chi connectivity index (χ0) is 14.9. The molecule has 3 N–H and O–H groups in total. The Hall–Kier alpha value is -2.15. The maximum atomic E-state index is 12.3. The van der Waals surface area contributed by atoms with E-state index in [4.69, 9.17) is 5.73 Å². The van der Waals surface area contributed by atoms with Gasteiger partial charge in [-0.3, -0.25) is 0 Å². The molecule has 0 aliphatic carbocycles. The molecule has 0 unspecified atom stereocenters. The molecule has 1 heterocycles. The molecule has 0 aliphatic heterocycles. The summed E-state index contributed by atoms with van der Waals surface area (Å²) in [5.41, 5.74) is 8.22. The highest BCUT2D eigenvalue weighted by Crippen LogP contribution is 2.21. The van der Waals surface area contributed by atoms with Crippen molar-refractivity contribution in [2.24, 2.45) is 0 Å². The number of nitrogens with one attached hydrogen (secondary N) is 1. The summed E-state index contributed by atoms with van der Waals surface area (Å²) in [5.74, 6) is 0.0440. The maximum Gasteiger partial charge on any atom is 0.266 e. The molecule has 106 valence electrons. The van der Waals surface area contributed by atoms with Gasteiger partial charge >= 0.3 is 0 Å². The van der Waals surface area contributed by atoms with Gasteiger partial charge < -0.3 is 5.73 Å². The summed E-state index contributed by atoms with van der Waals surface area (Å²) in [5, 5.41) is 0. The first-order valence-corrected chi connectivity index (χ1v) is 7.47. The van der Waals surface area contributed by atoms with E-state index in [0.29, 0.717) is 11.4 Å². The second-order valence-electron chi connectivity index (χ2n) is 4.62. The summed E-state index contributed by atoms with van der Waals surface area (Å²) < 4.78 is 26.9. The molecular formula is C13H16N4O2S. The third-order valence-electron chi connectivity index (χ3n) is 2.66. The number of nitrogen functional groups attached to an aromatic ring is 1. The van der Waals surface area contributed by atoms with Gasteiger partial charge in [-0.05, 0) is 44.5 Å². The van der Waals surface area contributed by atoms with Crippen LogP contribution in [0.15, 0.2) is 29.2 Å². The molecule has 0 atom stereocenters. The molecule has 1 aromatic carbocycles. The minimum absolute atomic E-state index is 0.0193. The SMILES string of the molecule is Cc1ccc(S(=O)(=O)Nc2nc(C)cc(C)n2)c(N)c1. The Kier molecular flexibility index (Phi) is 3.63. The summed E-state index contributed by atoms with van der Waals surface area (Å²) in [6.45, 7) is 5.38. The van der Waals surface area contributed by atoms with Crippen LogP contribution in [0.1, 0.15) is 17.0 Å². The molecule has 0 radical (unpaired) electrons. The Labute approximate surface area is 118 Å². The third-order valence-corrected chi connectivity index (χ3v) is 4.06. The number of nitrogens with two attached hydrogens (primary N) is 1. The lowest BCUT2D eigenvalue weighted by Crippen LogP contribution is -2.17. The predicted octanol–water partition coefficient (Wildman–Crippen LogP) is 1.78. The lowest BCUT2D eigenvalue weighted by molar-refractivity contribution is 0.601. The molecular weight excluding hydrogens is 276 g/mol. The van der Waals surface area contributed by atoms with E-state index in [2.05, 4.69) is 14.7 Å². The van der Waals surface area contributed by atoms with Gasteiger partial charge in [-0.1, -0.05) is 6.07 Å². The summed E-state index contributed by atoms with van der Waals surface area (Å²) in [6.07, 6.45) is 0. The molecule has 0 saturated heterocycles. The Morgan fingerprint density at radius 3 is 2.20 bits per heavy atom. The fourth-order valence-electron chi connectivity index (χ4n) is 1.86. The van der Waals surface area contributed by atoms with E-state index < -0.39 is 10.0 Å². The van der Waals surface area contributed by atoms with Crippen LogP contribution >= 0.6 is 0 Å². The molecule has 0 fully saturated rings. The molecule has 2 aromatic rings. The van der Waals surface area contributed by atoms with E-state index in [9.17, 15) is 8.42 Å². The van der Waals surface area contributed by atoms with Crippen molar-refractivity contribution in [1.29, 1.82) is 0 Å². The molecule has 0 aliphatic rings. The normalized spacial score (nSPS) is 11.3. The number of rotatable bonds is 3. The van der Waals surface area contributed by atoms with E-state index in [1.54, 1.807) is 32.0 Å². The summed E-state index contributed by atoms with van der Waals surface area (Å²) in [4.78, 5) is 8.12. The molecule has 2 rings (SSSR count). The highest BCUT2D eigenvalue weighted by Gasteiger charge is 2.19. The molecule has 0 saturated carbocycles. The van der Waals surface area contributed by atoms with E-state index in [1.165, 1.54) is 6.07 Å². The van der Waals surface area contributed by atoms with Gasteiger partial charge in [0.15, 0.2) is 0 Å². The fourth-order valence-corrected chi connectivity index (χ4v) is 2.92. The zero-order valence-corrected chi connectivity index (χ0v) is 12.3. The molecule has 0 bridgehead atoms. The van der Waals surface area contributed by atoms with Gasteiger partial charge in [0, 0.05) is 11.4 Å². The van der Waals surface area contributed by atoms with Crippen LogP contribution in [-0.4, -0.2) is 18.4 Å². The minimum atomic E-state index is -3.79. The standard InChI is InChI=1S/C13H16N4O2S/c1-8-4-5-12(11(14)6-8)20(18,19)17-13-15-9(2)7-10(3)16-13/h4-7H,14H2,1-3H3,(H,15,16,17). The lowest BCUT2D eigenvalue weighted by atomic mass is 10.2. The fraction of sp³-hybridized carbons (Fsp3) is 0.231. The second-order valence-corrected chi connectivity index (χ2v) is 6.27. The highest BCUT2D eigenvalue weighted by atomic mass is 32.2. The smallest absolute Gasteiger partial charge is 0.266 e. The average Bonchev–Trinajstić information content (AvgIpc) is 2.25. The largest absolute Gasteiger partial charge is 0.398 e. The number of aryl methyl sites for hydroxylation is 3. The van der Waals surface area contributed by atoms with Crippen LogP contribution in [0.4, 0.5) is 11.6 Å². The summed E-state index contributed by atoms with van der Waals surface area (Å²) in [6, 6.07) is 6.53. The molecule has 7 heteroatoms. The van der Waals surface area contributed by atoms with Crippen LogP contribution in [-0.2, 0) is 10.0 Å². The molecule has 6 nitrogen and oxygen atoms in total. The third kappa shape index (κ3) is 3.05. The molecule has 20 heavy (non-hydrogen) atoms. The summed E-state index contributed by atoms with van der Waals surface area (Å²) >= 11 is 0. The van der Waals surface area contributed by atoms with Crippen LogP contribution in [0.25, 0.3) is 0 Å². The number of sulfonamides is 1. The first kappa shape index (κ1) is 14.3. The number of aromatic nitrogens is 2. The van der Waals surface area contributed by atoms with Crippen molar-refractivity contribution in [2.45, 2.75) is 25.7 Å². The lowest BCUT2D eigenvalue weighted by Gasteiger charge is -2.10. The molecule has 0 amide bonds. The molecule has 0 spiro atoms. The van der Waals surface area contributed by atoms with Crippen molar-refractivity contribution < 1.29 is 8.42 Å². The Bertz CT molecular complexity index is 737. The second kappa shape index (κ2) is 5.09. The van der Waals surface area contributed by atoms with Gasteiger partial charge in [0.1, 0.15) is 4.90 Å². The topological polar surface area (TPSA) is 98.0 Å². The monoisotopic (exact) mass is 292 g/mol. The number of hydrogen-bond acceptors (Lipinski definition) is 5. The van der Waals surface area contributed by atoms with Crippen LogP contribution < -0.4 is 10.5 Å². The Balaban J connectivity index is 2.40. The quantitative estimate of drug-likeness (QED) is 0.840. The van der Waals surface area contributed by atoms with Crippen molar-refractivity contribution in [1.82, 2.24) is 9.97 Å². The van der Waals surface area contributed by atoms with Gasteiger partial charge in [-0.15, -0.1) is 0 Å². The maximum absolute atomic E-state index is 12.3. The van der Waals surface area contributed by atoms with Crippen molar-refractivity contribution in [3.05, 3.63) is 41.2 Å². The first-order valence-electron chi connectivity index (χ1n) is 5.99. The number of hydrogen-bond donors (Lipinski definition) is 2. The van der Waals surface area contributed by atoms with Crippen molar-refractivity contribution in [3.63, 3.8) is 0 Å². The van der Waals surface area contributed by atoms with Crippen molar-refractivity contribution in [2.75, 3.05) is 10.5 Å². The van der Waals surface area contributed by atoms with Crippen molar-refractivity contribution in [3.8, 4) is 0 Å². The van der Waals surface area contributed by atoms with Crippen LogP contribution in [0.5, 0.6) is 0 Å². The van der Waals surface area contributed by atoms with E-state index >= 15 is 0 Å². The average molecular weight is 292 g/mol. The van der Waals surface area contributed by atoms with Gasteiger partial charge in [0.05, 0.1) is 5.69 Å². The minimum Gasteiger partial charge on any atom is -0.398 e. The molecule has 1 aromatic heterocycles. The van der Waals surface area contributed by atoms with E-state index in [0.717, 1.165) is 5.56 Å². The highest BCUT2D eigenvalue weighted by molar-refractivity contribution is 7.92. The van der Waals surface area contributed by atoms with Crippen LogP contribution in [0.3, 0.4) is 0 Å². The summed E-state index contributed by atoms with van der Waals surface area (Å²) in [7, 11) is -3.79. The van der Waals surface area contributed by atoms with Gasteiger partial charge in [-0.25, -0.2) is 23.1 Å². The van der Waals surface area contributed by atoms with Gasteiger partial charge in [0.25, 0.3) is 10.0 Å². The number of benzene rings is 1. The van der Waals surface area contributed by atoms with Crippen molar-refractivity contribution >= 4 is 21.7 Å². The van der Waals surface area contributed by atoms with E-state index in [-0.39, 0.29) is 16.5 Å². The number of anilines is 2. The predicted molar refractivity (Wildman–Crippen MR) is 77.9 cm³/mol. The first-order chi connectivity index (χ1) is 9.28. The van der Waals surface area contributed by atoms with Gasteiger partial charge in [-0.2, -0.15) is 0 Å².